The number of carbonyl (C=O) groups excluding carboxylic acids is 1. The van der Waals surface area contributed by atoms with E-state index in [1.54, 1.807) is 30.5 Å². The van der Waals surface area contributed by atoms with Crippen LogP contribution in [0.25, 0.3) is 0 Å². The van der Waals surface area contributed by atoms with Crippen molar-refractivity contribution in [3.05, 3.63) is 59.9 Å². The van der Waals surface area contributed by atoms with E-state index in [2.05, 4.69) is 16.0 Å². The molecule has 0 spiro atoms. The number of piperidine rings is 1. The number of hydrogen-bond acceptors (Lipinski definition) is 5. The minimum absolute atomic E-state index is 0. The highest BCUT2D eigenvalue weighted by molar-refractivity contribution is 7.92. The first kappa shape index (κ1) is 26.4. The van der Waals surface area contributed by atoms with Gasteiger partial charge in [-0.25, -0.2) is 8.42 Å². The van der Waals surface area contributed by atoms with Gasteiger partial charge in [0, 0.05) is 37.5 Å². The minimum Gasteiger partial charge on any atom is -0.303 e. The van der Waals surface area contributed by atoms with Gasteiger partial charge in [0.1, 0.15) is 0 Å². The predicted octanol–water partition coefficient (Wildman–Crippen LogP) is 3.46. The fourth-order valence-electron chi connectivity index (χ4n) is 3.51. The molecule has 0 unspecified atom stereocenters. The first-order valence-corrected chi connectivity index (χ1v) is 11.4. The number of anilines is 1. The molecule has 0 radical (unpaired) electrons. The van der Waals surface area contributed by atoms with Crippen molar-refractivity contribution < 1.29 is 13.2 Å². The largest absolute Gasteiger partial charge is 0.303 e. The Bertz CT molecular complexity index is 901. The Morgan fingerprint density at radius 1 is 1.13 bits per heavy atom. The van der Waals surface area contributed by atoms with Crippen LogP contribution >= 0.6 is 24.8 Å². The van der Waals surface area contributed by atoms with Gasteiger partial charge in [-0.2, -0.15) is 0 Å². The summed E-state index contributed by atoms with van der Waals surface area (Å²) >= 11 is 0. The predicted molar refractivity (Wildman–Crippen MR) is 126 cm³/mol. The third-order valence-corrected chi connectivity index (χ3v) is 6.62. The molecule has 0 N–H and O–H groups in total. The average Bonchev–Trinajstić information content (AvgIpc) is 2.72. The van der Waals surface area contributed by atoms with E-state index in [-0.39, 0.29) is 36.5 Å². The number of Topliss-reactive ketones (excluding diaryl/α,β-unsaturated/α-hetero) is 1. The molecule has 1 saturated heterocycles. The van der Waals surface area contributed by atoms with Crippen LogP contribution in [-0.2, 0) is 16.4 Å². The lowest BCUT2D eigenvalue weighted by Crippen LogP contribution is -2.37. The van der Waals surface area contributed by atoms with Crippen molar-refractivity contribution in [2.45, 2.75) is 19.3 Å². The minimum atomic E-state index is -3.30. The first-order chi connectivity index (χ1) is 13.3. The van der Waals surface area contributed by atoms with Crippen LogP contribution in [0.2, 0.25) is 0 Å². The zero-order chi connectivity index (χ0) is 20.1. The first-order valence-electron chi connectivity index (χ1n) is 9.54. The lowest BCUT2D eigenvalue weighted by molar-refractivity contribution is 0.0841. The van der Waals surface area contributed by atoms with Gasteiger partial charge in [-0.15, -0.1) is 24.8 Å². The molecule has 2 heterocycles. The molecule has 30 heavy (non-hydrogen) atoms. The summed E-state index contributed by atoms with van der Waals surface area (Å²) in [5, 5.41) is 0. The highest BCUT2D eigenvalue weighted by Gasteiger charge is 2.25. The van der Waals surface area contributed by atoms with E-state index >= 15 is 0 Å². The van der Waals surface area contributed by atoms with Gasteiger partial charge in [-0.05, 0) is 68.2 Å². The number of likely N-dealkylation sites (tertiary alicyclic amines) is 1. The maximum Gasteiger partial charge on any atom is 0.231 e. The van der Waals surface area contributed by atoms with E-state index < -0.39 is 10.0 Å². The number of halogens is 2. The number of carbonyl (C=O) groups is 1. The number of hydrogen-bond donors (Lipinski definition) is 0. The lowest BCUT2D eigenvalue weighted by atomic mass is 9.88. The molecule has 0 aliphatic carbocycles. The van der Waals surface area contributed by atoms with Crippen LogP contribution in [0.15, 0.2) is 48.8 Å². The van der Waals surface area contributed by atoms with Crippen molar-refractivity contribution in [1.82, 2.24) is 9.88 Å². The van der Waals surface area contributed by atoms with Crippen LogP contribution in [0.1, 0.15) is 28.8 Å². The molecule has 6 nitrogen and oxygen atoms in total. The third-order valence-electron chi connectivity index (χ3n) is 5.41. The molecule has 0 saturated carbocycles. The Morgan fingerprint density at radius 3 is 2.30 bits per heavy atom. The second-order valence-corrected chi connectivity index (χ2v) is 9.38. The van der Waals surface area contributed by atoms with Crippen molar-refractivity contribution in [2.75, 3.05) is 37.2 Å². The summed E-state index contributed by atoms with van der Waals surface area (Å²) in [6, 6.07) is 10.9. The lowest BCUT2D eigenvalue weighted by Gasteiger charge is -2.31. The zero-order valence-electron chi connectivity index (χ0n) is 17.2. The summed E-state index contributed by atoms with van der Waals surface area (Å²) < 4.78 is 24.5. The Hall–Kier alpha value is -1.67. The van der Waals surface area contributed by atoms with Crippen molar-refractivity contribution in [3.63, 3.8) is 0 Å². The Morgan fingerprint density at radius 2 is 1.77 bits per heavy atom. The number of sulfonamides is 1. The van der Waals surface area contributed by atoms with Gasteiger partial charge in [0.2, 0.25) is 10.0 Å². The molecule has 1 aromatic carbocycles. The molecule has 166 valence electrons. The number of rotatable bonds is 7. The Kier molecular flexibility index (Phi) is 10.2. The van der Waals surface area contributed by atoms with Crippen LogP contribution in [0.3, 0.4) is 0 Å². The molecule has 1 fully saturated rings. The van der Waals surface area contributed by atoms with E-state index in [0.29, 0.717) is 11.3 Å². The molecule has 1 aliphatic rings. The maximum absolute atomic E-state index is 12.8. The van der Waals surface area contributed by atoms with Gasteiger partial charge in [0.05, 0.1) is 11.9 Å². The fourth-order valence-corrected chi connectivity index (χ4v) is 4.02. The molecule has 0 amide bonds. The standard InChI is InChI=1S/C21H27N3O3S.2ClH/c1-23(28(2,26)27)20-7-5-18(6-8-20)21(25)19-10-14-24(15-11-19)13-9-17-4-3-12-22-16-17;;/h3-8,12,16,19H,9-11,13-15H2,1-2H3;2*1H. The van der Waals surface area contributed by atoms with Gasteiger partial charge in [-0.1, -0.05) is 6.07 Å². The van der Waals surface area contributed by atoms with E-state index in [4.69, 9.17) is 0 Å². The van der Waals surface area contributed by atoms with E-state index in [1.165, 1.54) is 16.9 Å². The number of aromatic nitrogens is 1. The average molecular weight is 474 g/mol. The molecular formula is C21H29Cl2N3O3S. The quantitative estimate of drug-likeness (QED) is 0.575. The molecule has 0 bridgehead atoms. The van der Waals surface area contributed by atoms with Crippen LogP contribution in [0.5, 0.6) is 0 Å². The van der Waals surface area contributed by atoms with Crippen LogP contribution in [-0.4, -0.2) is 57.0 Å². The molecule has 3 rings (SSSR count). The summed E-state index contributed by atoms with van der Waals surface area (Å²) in [5.41, 5.74) is 2.45. The van der Waals surface area contributed by atoms with Crippen molar-refractivity contribution in [1.29, 1.82) is 0 Å². The molecule has 2 aromatic rings. The normalized spacial score (nSPS) is 15.0. The number of pyridine rings is 1. The summed E-state index contributed by atoms with van der Waals surface area (Å²) in [4.78, 5) is 19.4. The van der Waals surface area contributed by atoms with Crippen LogP contribution in [0.4, 0.5) is 5.69 Å². The van der Waals surface area contributed by atoms with E-state index in [1.807, 2.05) is 12.3 Å². The van der Waals surface area contributed by atoms with E-state index in [0.717, 1.165) is 45.2 Å². The van der Waals surface area contributed by atoms with Gasteiger partial charge in [0.25, 0.3) is 0 Å². The number of benzene rings is 1. The molecule has 0 atom stereocenters. The smallest absolute Gasteiger partial charge is 0.231 e. The Labute approximate surface area is 191 Å². The van der Waals surface area contributed by atoms with Crippen molar-refractivity contribution in [3.8, 4) is 0 Å². The molecule has 1 aliphatic heterocycles. The van der Waals surface area contributed by atoms with Crippen molar-refractivity contribution in [2.24, 2.45) is 5.92 Å². The SMILES string of the molecule is CN(c1ccc(C(=O)C2CCN(CCc3cccnc3)CC2)cc1)S(C)(=O)=O.Cl.Cl. The van der Waals surface area contributed by atoms with Crippen molar-refractivity contribution >= 4 is 46.3 Å². The summed E-state index contributed by atoms with van der Waals surface area (Å²) in [7, 11) is -1.79. The van der Waals surface area contributed by atoms with Gasteiger partial charge in [0.15, 0.2) is 5.78 Å². The fraction of sp³-hybridized carbons (Fsp3) is 0.429. The Balaban J connectivity index is 0.00000225. The molecular weight excluding hydrogens is 445 g/mol. The second kappa shape index (κ2) is 11.6. The molecule has 1 aromatic heterocycles. The van der Waals surface area contributed by atoms with Crippen LogP contribution < -0.4 is 4.31 Å². The monoisotopic (exact) mass is 473 g/mol. The van der Waals surface area contributed by atoms with Crippen LogP contribution in [0, 0.1) is 5.92 Å². The van der Waals surface area contributed by atoms with Gasteiger partial charge in [-0.3, -0.25) is 14.1 Å². The summed E-state index contributed by atoms with van der Waals surface area (Å²) in [6.07, 6.45) is 7.54. The number of ketones is 1. The van der Waals surface area contributed by atoms with Gasteiger partial charge < -0.3 is 4.90 Å². The van der Waals surface area contributed by atoms with Gasteiger partial charge >= 0.3 is 0 Å². The topological polar surface area (TPSA) is 70.6 Å². The molecule has 9 heteroatoms. The number of nitrogens with zero attached hydrogens (tertiary/aromatic N) is 3. The summed E-state index contributed by atoms with van der Waals surface area (Å²) in [5.74, 6) is 0.189. The van der Waals surface area contributed by atoms with E-state index in [9.17, 15) is 13.2 Å². The zero-order valence-corrected chi connectivity index (χ0v) is 19.7. The third kappa shape index (κ3) is 6.94. The second-order valence-electron chi connectivity index (χ2n) is 7.37. The summed E-state index contributed by atoms with van der Waals surface area (Å²) in [6.45, 7) is 2.83. The highest BCUT2D eigenvalue weighted by Crippen LogP contribution is 2.24. The maximum atomic E-state index is 12.8. The highest BCUT2D eigenvalue weighted by atomic mass is 35.5.